The number of methoxy groups -OCH3 is 2. The Morgan fingerprint density at radius 2 is 0.850 bits per heavy atom. The van der Waals surface area contributed by atoms with Crippen molar-refractivity contribution < 1.29 is 28.4 Å². The van der Waals surface area contributed by atoms with Gasteiger partial charge in [0.2, 0.25) is 0 Å². The Morgan fingerprint density at radius 1 is 0.600 bits per heavy atom. The summed E-state index contributed by atoms with van der Waals surface area (Å²) in [6.45, 7) is 7.58. The highest BCUT2D eigenvalue weighted by atomic mass is 16.8. The molecule has 1 aliphatic carbocycles. The first-order valence-corrected chi connectivity index (χ1v) is 7.05. The van der Waals surface area contributed by atoms with Crippen molar-refractivity contribution in [2.75, 3.05) is 14.2 Å². The number of rotatable bonds is 2. The van der Waals surface area contributed by atoms with Gasteiger partial charge >= 0.3 is 0 Å². The molecule has 2 heterocycles. The Balaban J connectivity index is 1.93. The molecule has 0 radical (unpaired) electrons. The molecule has 0 aromatic heterocycles. The van der Waals surface area contributed by atoms with Gasteiger partial charge in [0.15, 0.2) is 11.6 Å². The van der Waals surface area contributed by atoms with Crippen LogP contribution in [-0.4, -0.2) is 62.4 Å². The summed E-state index contributed by atoms with van der Waals surface area (Å²) in [5.41, 5.74) is 0. The Labute approximate surface area is 119 Å². The van der Waals surface area contributed by atoms with Crippen LogP contribution >= 0.6 is 0 Å². The summed E-state index contributed by atoms with van der Waals surface area (Å²) in [6, 6.07) is 0. The van der Waals surface area contributed by atoms with Crippen molar-refractivity contribution in [1.82, 2.24) is 0 Å². The van der Waals surface area contributed by atoms with Crippen LogP contribution in [0, 0.1) is 0 Å². The summed E-state index contributed by atoms with van der Waals surface area (Å²) in [4.78, 5) is 0. The van der Waals surface area contributed by atoms with Gasteiger partial charge in [0.25, 0.3) is 0 Å². The Bertz CT molecular complexity index is 318. The first-order chi connectivity index (χ1) is 9.28. The fourth-order valence-electron chi connectivity index (χ4n) is 3.56. The number of hydrogen-bond donors (Lipinski definition) is 0. The minimum atomic E-state index is -0.656. The fraction of sp³-hybridized carbons (Fsp3) is 1.00. The summed E-state index contributed by atoms with van der Waals surface area (Å²) >= 11 is 0. The Kier molecular flexibility index (Phi) is 3.40. The predicted octanol–water partition coefficient (Wildman–Crippen LogP) is 1.07. The van der Waals surface area contributed by atoms with E-state index in [1.807, 2.05) is 27.7 Å². The van der Waals surface area contributed by atoms with E-state index in [9.17, 15) is 0 Å². The van der Waals surface area contributed by atoms with E-state index in [0.29, 0.717) is 0 Å². The zero-order valence-electron chi connectivity index (χ0n) is 12.9. The maximum Gasteiger partial charge on any atom is 0.164 e. The standard InChI is InChI=1S/C14H24O6/c1-13(2)17-9-7(15-5)11-12(20-14(3,4)19-11)8(16-6)10(9)18-13/h7-12H,1-6H3/t7-,8+,9-,10-,11+,12+. The Morgan fingerprint density at radius 3 is 1.05 bits per heavy atom. The van der Waals surface area contributed by atoms with Gasteiger partial charge in [0.1, 0.15) is 36.6 Å². The lowest BCUT2D eigenvalue weighted by Crippen LogP contribution is -2.62. The van der Waals surface area contributed by atoms with Crippen LogP contribution in [0.5, 0.6) is 0 Å². The molecule has 2 saturated heterocycles. The first kappa shape index (κ1) is 14.7. The zero-order valence-corrected chi connectivity index (χ0v) is 12.9. The van der Waals surface area contributed by atoms with E-state index in [1.165, 1.54) is 0 Å². The van der Waals surface area contributed by atoms with Gasteiger partial charge in [-0.2, -0.15) is 0 Å². The lowest BCUT2D eigenvalue weighted by molar-refractivity contribution is -0.186. The highest BCUT2D eigenvalue weighted by Crippen LogP contribution is 2.45. The lowest BCUT2D eigenvalue weighted by atomic mass is 9.85. The SMILES string of the molecule is CO[C@@H]1[C@H]2OC(C)(C)O[C@@H]2[C@H](OC)[C@@H]2OC(C)(C)O[C@@H]12. The van der Waals surface area contributed by atoms with Crippen LogP contribution in [-0.2, 0) is 28.4 Å². The van der Waals surface area contributed by atoms with Gasteiger partial charge in [0.05, 0.1) is 0 Å². The van der Waals surface area contributed by atoms with E-state index in [-0.39, 0.29) is 36.6 Å². The van der Waals surface area contributed by atoms with Crippen LogP contribution in [0.3, 0.4) is 0 Å². The summed E-state index contributed by atoms with van der Waals surface area (Å²) in [7, 11) is 3.32. The summed E-state index contributed by atoms with van der Waals surface area (Å²) in [5, 5.41) is 0. The minimum Gasteiger partial charge on any atom is -0.376 e. The Hall–Kier alpha value is -0.240. The average Bonchev–Trinajstić information content (AvgIpc) is 2.80. The van der Waals surface area contributed by atoms with Gasteiger partial charge in [-0.25, -0.2) is 0 Å². The molecule has 0 unspecified atom stereocenters. The second-order valence-electron chi connectivity index (χ2n) is 6.53. The number of fused-ring (bicyclic) bond motifs is 2. The van der Waals surface area contributed by atoms with E-state index in [2.05, 4.69) is 0 Å². The molecule has 0 amide bonds. The molecule has 6 atom stereocenters. The molecule has 0 aromatic carbocycles. The second kappa shape index (κ2) is 4.63. The van der Waals surface area contributed by atoms with Crippen molar-refractivity contribution in [3.05, 3.63) is 0 Å². The van der Waals surface area contributed by atoms with Crippen LogP contribution in [0.2, 0.25) is 0 Å². The molecule has 1 saturated carbocycles. The molecule has 0 spiro atoms. The third kappa shape index (κ3) is 2.19. The molecule has 6 nitrogen and oxygen atoms in total. The predicted molar refractivity (Wildman–Crippen MR) is 69.2 cm³/mol. The molecule has 6 heteroatoms. The maximum atomic E-state index is 6.00. The fourth-order valence-corrected chi connectivity index (χ4v) is 3.56. The average molecular weight is 288 g/mol. The van der Waals surface area contributed by atoms with Gasteiger partial charge < -0.3 is 28.4 Å². The zero-order chi connectivity index (χ0) is 14.7. The van der Waals surface area contributed by atoms with E-state index >= 15 is 0 Å². The molecule has 3 fully saturated rings. The lowest BCUT2D eigenvalue weighted by Gasteiger charge is -2.41. The quantitative estimate of drug-likeness (QED) is 0.757. The van der Waals surface area contributed by atoms with Crippen LogP contribution < -0.4 is 0 Å². The normalized spacial score (nSPS) is 48.9. The van der Waals surface area contributed by atoms with Gasteiger partial charge in [-0.1, -0.05) is 0 Å². The van der Waals surface area contributed by atoms with Crippen molar-refractivity contribution in [3.63, 3.8) is 0 Å². The van der Waals surface area contributed by atoms with E-state index in [0.717, 1.165) is 0 Å². The largest absolute Gasteiger partial charge is 0.376 e. The number of hydrogen-bond acceptors (Lipinski definition) is 6. The summed E-state index contributed by atoms with van der Waals surface area (Å²) in [6.07, 6.45) is -1.37. The van der Waals surface area contributed by atoms with Gasteiger partial charge in [-0.3, -0.25) is 0 Å². The molecule has 2 aliphatic heterocycles. The smallest absolute Gasteiger partial charge is 0.164 e. The van der Waals surface area contributed by atoms with Crippen LogP contribution in [0.4, 0.5) is 0 Å². The molecular weight excluding hydrogens is 264 g/mol. The van der Waals surface area contributed by atoms with Crippen molar-refractivity contribution in [2.24, 2.45) is 0 Å². The second-order valence-corrected chi connectivity index (χ2v) is 6.53. The highest BCUT2D eigenvalue weighted by molar-refractivity contribution is 5.08. The minimum absolute atomic E-state index is 0.223. The van der Waals surface area contributed by atoms with E-state index < -0.39 is 11.6 Å². The summed E-state index contributed by atoms with van der Waals surface area (Å²) in [5.74, 6) is -1.31. The molecule has 20 heavy (non-hydrogen) atoms. The maximum absolute atomic E-state index is 6.00. The molecular formula is C14H24O6. The van der Waals surface area contributed by atoms with Crippen molar-refractivity contribution in [3.8, 4) is 0 Å². The molecule has 0 aromatic rings. The highest BCUT2D eigenvalue weighted by Gasteiger charge is 2.63. The van der Waals surface area contributed by atoms with Crippen molar-refractivity contribution >= 4 is 0 Å². The first-order valence-electron chi connectivity index (χ1n) is 7.05. The van der Waals surface area contributed by atoms with Crippen molar-refractivity contribution in [1.29, 1.82) is 0 Å². The monoisotopic (exact) mass is 288 g/mol. The van der Waals surface area contributed by atoms with Gasteiger partial charge in [-0.05, 0) is 27.7 Å². The third-order valence-electron chi connectivity index (χ3n) is 4.17. The van der Waals surface area contributed by atoms with Crippen LogP contribution in [0.25, 0.3) is 0 Å². The summed E-state index contributed by atoms with van der Waals surface area (Å²) < 4.78 is 35.3. The molecule has 0 N–H and O–H groups in total. The third-order valence-corrected chi connectivity index (χ3v) is 4.17. The van der Waals surface area contributed by atoms with Gasteiger partial charge in [0, 0.05) is 14.2 Å². The van der Waals surface area contributed by atoms with Crippen LogP contribution in [0.1, 0.15) is 27.7 Å². The number of ether oxygens (including phenoxy) is 6. The van der Waals surface area contributed by atoms with Crippen LogP contribution in [0.15, 0.2) is 0 Å². The molecule has 3 aliphatic rings. The molecule has 0 bridgehead atoms. The molecule has 116 valence electrons. The van der Waals surface area contributed by atoms with E-state index in [4.69, 9.17) is 28.4 Å². The topological polar surface area (TPSA) is 55.4 Å². The molecule has 3 rings (SSSR count). The van der Waals surface area contributed by atoms with E-state index in [1.54, 1.807) is 14.2 Å². The van der Waals surface area contributed by atoms with Crippen molar-refractivity contribution in [2.45, 2.75) is 75.9 Å². The van der Waals surface area contributed by atoms with Gasteiger partial charge in [-0.15, -0.1) is 0 Å².